The minimum atomic E-state index is -1.35. The number of carboxylic acid groups (broad SMARTS) is 1. The number of carboxylic acids is 1. The van der Waals surface area contributed by atoms with E-state index >= 15 is 4.39 Å². The topological polar surface area (TPSA) is 104 Å². The monoisotopic (exact) mass is 444 g/mol. The Morgan fingerprint density at radius 2 is 2.06 bits per heavy atom. The third-order valence-corrected chi connectivity index (χ3v) is 9.38. The molecule has 4 aliphatic carbocycles. The second-order valence-corrected chi connectivity index (χ2v) is 10.9. The van der Waals surface area contributed by atoms with Gasteiger partial charge in [0.2, 0.25) is 5.78 Å². The zero-order valence-electron chi connectivity index (χ0n) is 18.0. The van der Waals surface area contributed by atoms with Crippen LogP contribution in [0.1, 0.15) is 48.5 Å². The zero-order valence-corrected chi connectivity index (χ0v) is 18.0. The number of alkyl halides is 1. The molecule has 32 heavy (non-hydrogen) atoms. The normalized spacial score (nSPS) is 43.1. The van der Waals surface area contributed by atoms with Crippen LogP contribution in [-0.2, 0) is 4.79 Å². The molecule has 0 bridgehead atoms. The number of carbonyl (C=O) groups excluding carboxylic acids is 1. The van der Waals surface area contributed by atoms with Gasteiger partial charge in [0.1, 0.15) is 17.0 Å². The van der Waals surface area contributed by atoms with E-state index in [-0.39, 0.29) is 58.3 Å². The maximum Gasteiger partial charge on any atom is 0.339 e. The van der Waals surface area contributed by atoms with E-state index in [0.717, 1.165) is 12.5 Å². The van der Waals surface area contributed by atoms with Gasteiger partial charge in [0, 0.05) is 35.7 Å². The van der Waals surface area contributed by atoms with Crippen LogP contribution >= 0.6 is 0 Å². The molecule has 1 aromatic carbocycles. The van der Waals surface area contributed by atoms with Crippen molar-refractivity contribution >= 4 is 17.4 Å². The SMILES string of the molecule is C[C@H]1CC12C1C3c4c(cc(F)c(N5C[C@H](CF)[C@](C)(N)C5)c4O)C(=O)C(C(=O)O)=CCC312. The first-order valence-corrected chi connectivity index (χ1v) is 11.2. The Morgan fingerprint density at radius 1 is 1.38 bits per heavy atom. The van der Waals surface area contributed by atoms with E-state index in [2.05, 4.69) is 6.92 Å². The number of aliphatic carboxylic acids is 1. The van der Waals surface area contributed by atoms with Gasteiger partial charge in [-0.15, -0.1) is 0 Å². The third-order valence-electron chi connectivity index (χ3n) is 9.38. The number of ketones is 1. The summed E-state index contributed by atoms with van der Waals surface area (Å²) in [5.41, 5.74) is 5.17. The molecule has 0 aromatic heterocycles. The molecule has 6 nitrogen and oxygen atoms in total. The van der Waals surface area contributed by atoms with E-state index in [4.69, 9.17) is 5.73 Å². The fourth-order valence-electron chi connectivity index (χ4n) is 7.63. The molecule has 4 fully saturated rings. The predicted octanol–water partition coefficient (Wildman–Crippen LogP) is 2.99. The van der Waals surface area contributed by atoms with Gasteiger partial charge in [-0.1, -0.05) is 13.0 Å². The molecule has 7 atom stereocenters. The van der Waals surface area contributed by atoms with Gasteiger partial charge in [0.15, 0.2) is 5.82 Å². The van der Waals surface area contributed by atoms with Crippen molar-refractivity contribution in [3.8, 4) is 5.75 Å². The molecule has 1 aromatic rings. The average Bonchev–Trinajstić information content (AvgIpc) is 3.62. The maximum atomic E-state index is 15.3. The van der Waals surface area contributed by atoms with Crippen molar-refractivity contribution in [1.29, 1.82) is 0 Å². The molecule has 0 radical (unpaired) electrons. The van der Waals surface area contributed by atoms with Gasteiger partial charge in [-0.25, -0.2) is 9.18 Å². The van der Waals surface area contributed by atoms with Crippen molar-refractivity contribution in [1.82, 2.24) is 0 Å². The van der Waals surface area contributed by atoms with Crippen LogP contribution in [0.2, 0.25) is 0 Å². The van der Waals surface area contributed by atoms with Gasteiger partial charge in [-0.05, 0) is 54.4 Å². The van der Waals surface area contributed by atoms with E-state index in [1.807, 2.05) is 0 Å². The standard InChI is InChI=1S/C24H26F2N2O4/c1-10-6-24(10)20-16-15-13(18(29)12(21(31)32)3-4-23(16,20)24)5-14(26)17(19(15)30)28-8-11(7-25)22(2,27)9-28/h3,5,10-11,16,20,30H,4,6-9,27H2,1-2H3,(H,31,32)/t10-,11-,16?,20?,22+,23?,24?/m0/s1. The molecule has 1 aliphatic heterocycles. The predicted molar refractivity (Wildman–Crippen MR) is 112 cm³/mol. The van der Waals surface area contributed by atoms with Gasteiger partial charge in [-0.3, -0.25) is 9.18 Å². The van der Waals surface area contributed by atoms with Crippen LogP contribution in [0.3, 0.4) is 0 Å². The lowest BCUT2D eigenvalue weighted by Gasteiger charge is -2.28. The molecule has 5 aliphatic rings. The molecular weight excluding hydrogens is 418 g/mol. The number of nitrogens with two attached hydrogens (primary N) is 1. The first kappa shape index (κ1) is 20.1. The van der Waals surface area contributed by atoms with Crippen molar-refractivity contribution in [3.05, 3.63) is 34.7 Å². The minimum Gasteiger partial charge on any atom is -0.505 e. The second-order valence-electron chi connectivity index (χ2n) is 10.9. The third kappa shape index (κ3) is 2.08. The van der Waals surface area contributed by atoms with Crippen molar-refractivity contribution in [3.63, 3.8) is 0 Å². The highest BCUT2D eigenvalue weighted by Crippen LogP contribution is 3.05. The fourth-order valence-corrected chi connectivity index (χ4v) is 7.63. The van der Waals surface area contributed by atoms with Crippen LogP contribution < -0.4 is 10.6 Å². The van der Waals surface area contributed by atoms with Crippen molar-refractivity contribution in [2.45, 2.75) is 38.1 Å². The Bertz CT molecular complexity index is 1150. The highest BCUT2D eigenvalue weighted by molar-refractivity contribution is 6.24. The highest BCUT2D eigenvalue weighted by Gasteiger charge is 3.00. The fraction of sp³-hybridized carbons (Fsp3) is 0.583. The molecule has 4 N–H and O–H groups in total. The lowest BCUT2D eigenvalue weighted by Crippen LogP contribution is -2.45. The zero-order chi connectivity index (χ0) is 23.0. The van der Waals surface area contributed by atoms with E-state index in [1.54, 1.807) is 11.8 Å². The van der Waals surface area contributed by atoms with Crippen LogP contribution in [0.5, 0.6) is 5.75 Å². The first-order valence-electron chi connectivity index (χ1n) is 11.2. The molecule has 6 rings (SSSR count). The van der Waals surface area contributed by atoms with Gasteiger partial charge in [-0.2, -0.15) is 0 Å². The Labute approximate surface area is 184 Å². The van der Waals surface area contributed by atoms with E-state index in [0.29, 0.717) is 17.9 Å². The number of Topliss-reactive ketones (excluding diaryl/α,β-unsaturated/α-hetero) is 1. The van der Waals surface area contributed by atoms with Crippen LogP contribution in [0.15, 0.2) is 17.7 Å². The number of benzene rings is 1. The van der Waals surface area contributed by atoms with E-state index < -0.39 is 35.7 Å². The summed E-state index contributed by atoms with van der Waals surface area (Å²) in [6, 6.07) is 1.06. The first-order chi connectivity index (χ1) is 15.0. The molecule has 4 unspecified atom stereocenters. The maximum absolute atomic E-state index is 15.3. The number of hydrogen-bond acceptors (Lipinski definition) is 5. The lowest BCUT2D eigenvalue weighted by molar-refractivity contribution is -0.132. The van der Waals surface area contributed by atoms with Gasteiger partial charge >= 0.3 is 5.97 Å². The van der Waals surface area contributed by atoms with Crippen LogP contribution in [0, 0.1) is 34.4 Å². The number of phenols is 1. The molecular formula is C24H26F2N2O4. The number of carbonyl (C=O) groups is 2. The van der Waals surface area contributed by atoms with Crippen molar-refractivity contribution in [2.24, 2.45) is 34.3 Å². The molecule has 1 heterocycles. The van der Waals surface area contributed by atoms with Crippen LogP contribution in [0.4, 0.5) is 14.5 Å². The quantitative estimate of drug-likeness (QED) is 0.620. The average molecular weight is 444 g/mol. The number of hydrogen-bond donors (Lipinski definition) is 3. The number of halogens is 2. The Morgan fingerprint density at radius 3 is 2.62 bits per heavy atom. The van der Waals surface area contributed by atoms with Crippen LogP contribution in [-0.4, -0.2) is 47.3 Å². The summed E-state index contributed by atoms with van der Waals surface area (Å²) in [5, 5.41) is 20.9. The molecule has 8 heteroatoms. The summed E-state index contributed by atoms with van der Waals surface area (Å²) in [4.78, 5) is 26.4. The summed E-state index contributed by atoms with van der Waals surface area (Å²) in [6.45, 7) is 3.54. The summed E-state index contributed by atoms with van der Waals surface area (Å²) in [5.74, 6) is -3.10. The molecule has 1 saturated heterocycles. The Kier molecular flexibility index (Phi) is 3.59. The molecule has 2 spiro atoms. The summed E-state index contributed by atoms with van der Waals surface area (Å²) < 4.78 is 28.8. The Hall–Kier alpha value is -2.48. The second kappa shape index (κ2) is 5.71. The number of phenolic OH excluding ortho intramolecular Hbond substituents is 1. The van der Waals surface area contributed by atoms with Gasteiger partial charge < -0.3 is 20.8 Å². The molecule has 3 saturated carbocycles. The van der Waals surface area contributed by atoms with Gasteiger partial charge in [0.05, 0.1) is 6.67 Å². The highest BCUT2D eigenvalue weighted by atomic mass is 19.1. The minimum absolute atomic E-state index is 0.0649. The van der Waals surface area contributed by atoms with Crippen molar-refractivity contribution < 1.29 is 28.6 Å². The van der Waals surface area contributed by atoms with Crippen LogP contribution in [0.25, 0.3) is 0 Å². The Balaban J connectivity index is 1.50. The van der Waals surface area contributed by atoms with E-state index in [9.17, 15) is 24.2 Å². The summed E-state index contributed by atoms with van der Waals surface area (Å²) in [7, 11) is 0. The summed E-state index contributed by atoms with van der Waals surface area (Å²) in [6.07, 6.45) is 3.02. The largest absolute Gasteiger partial charge is 0.505 e. The number of aromatic hydroxyl groups is 1. The summed E-state index contributed by atoms with van der Waals surface area (Å²) >= 11 is 0. The number of rotatable bonds is 3. The lowest BCUT2D eigenvalue weighted by atomic mass is 9.79. The smallest absolute Gasteiger partial charge is 0.339 e. The number of anilines is 1. The number of nitrogens with zero attached hydrogens (tertiary/aromatic N) is 1. The molecule has 0 amide bonds. The van der Waals surface area contributed by atoms with Crippen molar-refractivity contribution in [2.75, 3.05) is 24.7 Å². The van der Waals surface area contributed by atoms with Gasteiger partial charge in [0.25, 0.3) is 0 Å². The number of fused-ring (bicyclic) bond motifs is 4. The molecule has 170 valence electrons. The number of allylic oxidation sites excluding steroid dienone is 1. The van der Waals surface area contributed by atoms with E-state index in [1.165, 1.54) is 6.08 Å².